The van der Waals surface area contributed by atoms with Gasteiger partial charge in [-0.1, -0.05) is 0 Å². The van der Waals surface area contributed by atoms with Crippen LogP contribution >= 0.6 is 0 Å². The standard InChI is InChI=1S/C9H12N2O2/c12-9(13)5-4-8-6-2-1-3-7(6)10-11-8/h1-5H2,(H,10,11)(H,12,13). The lowest BCUT2D eigenvalue weighted by Crippen LogP contribution is -1.99. The molecule has 0 saturated heterocycles. The Morgan fingerprint density at radius 3 is 3.15 bits per heavy atom. The third kappa shape index (κ3) is 1.56. The number of nitrogens with one attached hydrogen (secondary N) is 1. The summed E-state index contributed by atoms with van der Waals surface area (Å²) in [5, 5.41) is 15.6. The number of hydrogen-bond acceptors (Lipinski definition) is 2. The zero-order chi connectivity index (χ0) is 9.26. The summed E-state index contributed by atoms with van der Waals surface area (Å²) < 4.78 is 0. The third-order valence-electron chi connectivity index (χ3n) is 2.47. The van der Waals surface area contributed by atoms with E-state index in [4.69, 9.17) is 5.11 Å². The molecule has 0 spiro atoms. The first-order valence-electron chi connectivity index (χ1n) is 4.54. The Kier molecular flexibility index (Phi) is 2.04. The highest BCUT2D eigenvalue weighted by Crippen LogP contribution is 2.23. The van der Waals surface area contributed by atoms with Crippen LogP contribution in [0.5, 0.6) is 0 Å². The molecule has 0 aromatic carbocycles. The van der Waals surface area contributed by atoms with Gasteiger partial charge in [-0.2, -0.15) is 5.10 Å². The van der Waals surface area contributed by atoms with Crippen molar-refractivity contribution in [1.29, 1.82) is 0 Å². The number of H-pyrrole nitrogens is 1. The van der Waals surface area contributed by atoms with Gasteiger partial charge >= 0.3 is 5.97 Å². The van der Waals surface area contributed by atoms with Crippen LogP contribution in [0, 0.1) is 0 Å². The van der Waals surface area contributed by atoms with Crippen molar-refractivity contribution in [1.82, 2.24) is 10.2 Å². The Morgan fingerprint density at radius 2 is 2.38 bits per heavy atom. The molecular weight excluding hydrogens is 168 g/mol. The molecule has 2 rings (SSSR count). The van der Waals surface area contributed by atoms with Crippen molar-refractivity contribution in [2.45, 2.75) is 32.1 Å². The molecule has 1 aromatic heterocycles. The molecule has 2 N–H and O–H groups in total. The van der Waals surface area contributed by atoms with E-state index in [1.54, 1.807) is 0 Å². The summed E-state index contributed by atoms with van der Waals surface area (Å²) in [4.78, 5) is 10.4. The number of aromatic amines is 1. The summed E-state index contributed by atoms with van der Waals surface area (Å²) in [6.07, 6.45) is 4.03. The van der Waals surface area contributed by atoms with Gasteiger partial charge in [-0.25, -0.2) is 0 Å². The second-order valence-electron chi connectivity index (χ2n) is 3.37. The van der Waals surface area contributed by atoms with Crippen LogP contribution in [-0.4, -0.2) is 21.3 Å². The fraction of sp³-hybridized carbons (Fsp3) is 0.556. The Balaban J connectivity index is 2.08. The number of aromatic nitrogens is 2. The van der Waals surface area contributed by atoms with Crippen LogP contribution in [-0.2, 0) is 24.1 Å². The van der Waals surface area contributed by atoms with Crippen LogP contribution in [0.1, 0.15) is 29.8 Å². The highest BCUT2D eigenvalue weighted by molar-refractivity contribution is 5.67. The number of hydrogen-bond donors (Lipinski definition) is 2. The quantitative estimate of drug-likeness (QED) is 0.726. The van der Waals surface area contributed by atoms with Gasteiger partial charge in [0.1, 0.15) is 0 Å². The summed E-state index contributed by atoms with van der Waals surface area (Å²) >= 11 is 0. The molecule has 1 aromatic rings. The first-order chi connectivity index (χ1) is 6.27. The second-order valence-corrected chi connectivity index (χ2v) is 3.37. The van der Waals surface area contributed by atoms with Crippen LogP contribution in [0.4, 0.5) is 0 Å². The van der Waals surface area contributed by atoms with Gasteiger partial charge in [-0.05, 0) is 24.8 Å². The Bertz CT molecular complexity index is 330. The molecule has 0 saturated carbocycles. The Morgan fingerprint density at radius 1 is 1.54 bits per heavy atom. The first-order valence-corrected chi connectivity index (χ1v) is 4.54. The maximum Gasteiger partial charge on any atom is 0.303 e. The number of rotatable bonds is 3. The minimum atomic E-state index is -0.755. The van der Waals surface area contributed by atoms with E-state index in [1.165, 1.54) is 17.7 Å². The molecule has 70 valence electrons. The highest BCUT2D eigenvalue weighted by atomic mass is 16.4. The van der Waals surface area contributed by atoms with E-state index in [2.05, 4.69) is 10.2 Å². The van der Waals surface area contributed by atoms with Crippen molar-refractivity contribution in [2.75, 3.05) is 0 Å². The number of carboxylic acid groups (broad SMARTS) is 1. The van der Waals surface area contributed by atoms with E-state index in [0.717, 1.165) is 18.5 Å². The van der Waals surface area contributed by atoms with Crippen LogP contribution < -0.4 is 0 Å². The van der Waals surface area contributed by atoms with Crippen molar-refractivity contribution in [3.8, 4) is 0 Å². The second kappa shape index (κ2) is 3.20. The van der Waals surface area contributed by atoms with Gasteiger partial charge in [0.15, 0.2) is 0 Å². The van der Waals surface area contributed by atoms with E-state index in [9.17, 15) is 4.79 Å². The van der Waals surface area contributed by atoms with Gasteiger partial charge < -0.3 is 5.11 Å². The average molecular weight is 180 g/mol. The zero-order valence-corrected chi connectivity index (χ0v) is 7.34. The molecule has 0 radical (unpaired) electrons. The van der Waals surface area contributed by atoms with Gasteiger partial charge in [0.25, 0.3) is 0 Å². The van der Waals surface area contributed by atoms with E-state index in [1.807, 2.05) is 0 Å². The van der Waals surface area contributed by atoms with Crippen LogP contribution in [0.25, 0.3) is 0 Å². The monoisotopic (exact) mass is 180 g/mol. The van der Waals surface area contributed by atoms with Crippen LogP contribution in [0.3, 0.4) is 0 Å². The lowest BCUT2D eigenvalue weighted by atomic mass is 10.1. The predicted octanol–water partition coefficient (Wildman–Crippen LogP) is 0.916. The van der Waals surface area contributed by atoms with Gasteiger partial charge in [0, 0.05) is 12.1 Å². The normalized spacial score (nSPS) is 14.5. The molecule has 4 heteroatoms. The van der Waals surface area contributed by atoms with Crippen molar-refractivity contribution < 1.29 is 9.90 Å². The fourth-order valence-corrected chi connectivity index (χ4v) is 1.82. The fourth-order valence-electron chi connectivity index (χ4n) is 1.82. The average Bonchev–Trinajstić information content (AvgIpc) is 2.60. The topological polar surface area (TPSA) is 66.0 Å². The lowest BCUT2D eigenvalue weighted by molar-refractivity contribution is -0.136. The van der Waals surface area contributed by atoms with E-state index in [-0.39, 0.29) is 6.42 Å². The van der Waals surface area contributed by atoms with Gasteiger partial charge in [-0.15, -0.1) is 0 Å². The van der Waals surface area contributed by atoms with E-state index in [0.29, 0.717) is 6.42 Å². The first kappa shape index (κ1) is 8.29. The number of carbonyl (C=O) groups is 1. The largest absolute Gasteiger partial charge is 0.481 e. The maximum atomic E-state index is 10.4. The summed E-state index contributed by atoms with van der Waals surface area (Å²) in [6, 6.07) is 0. The molecule has 0 unspecified atom stereocenters. The van der Waals surface area contributed by atoms with Crippen molar-refractivity contribution in [3.63, 3.8) is 0 Å². The summed E-state index contributed by atoms with van der Waals surface area (Å²) in [5.74, 6) is -0.755. The predicted molar refractivity (Wildman–Crippen MR) is 46.6 cm³/mol. The Hall–Kier alpha value is -1.32. The molecular formula is C9H12N2O2. The molecule has 1 heterocycles. The van der Waals surface area contributed by atoms with Crippen LogP contribution in [0.2, 0.25) is 0 Å². The zero-order valence-electron chi connectivity index (χ0n) is 7.34. The van der Waals surface area contributed by atoms with Gasteiger partial charge in [0.2, 0.25) is 0 Å². The van der Waals surface area contributed by atoms with E-state index >= 15 is 0 Å². The number of fused-ring (bicyclic) bond motifs is 1. The molecule has 0 fully saturated rings. The summed E-state index contributed by atoms with van der Waals surface area (Å²) in [6.45, 7) is 0. The number of aliphatic carboxylic acids is 1. The molecule has 1 aliphatic carbocycles. The summed E-state index contributed by atoms with van der Waals surface area (Å²) in [5.41, 5.74) is 3.43. The SMILES string of the molecule is O=C(O)CCc1n[nH]c2c1CCC2. The molecule has 4 nitrogen and oxygen atoms in total. The number of nitrogens with zero attached hydrogens (tertiary/aromatic N) is 1. The molecule has 0 aliphatic heterocycles. The van der Waals surface area contributed by atoms with E-state index < -0.39 is 5.97 Å². The smallest absolute Gasteiger partial charge is 0.303 e. The van der Waals surface area contributed by atoms with Crippen LogP contribution in [0.15, 0.2) is 0 Å². The molecule has 13 heavy (non-hydrogen) atoms. The molecule has 0 atom stereocenters. The van der Waals surface area contributed by atoms with Gasteiger partial charge in [0.05, 0.1) is 12.1 Å². The van der Waals surface area contributed by atoms with Crippen molar-refractivity contribution in [3.05, 3.63) is 17.0 Å². The molecule has 1 aliphatic rings. The van der Waals surface area contributed by atoms with Crippen molar-refractivity contribution in [2.24, 2.45) is 0 Å². The maximum absolute atomic E-state index is 10.4. The lowest BCUT2D eigenvalue weighted by Gasteiger charge is -1.95. The minimum Gasteiger partial charge on any atom is -0.481 e. The molecule has 0 amide bonds. The number of carboxylic acids is 1. The molecule has 0 bridgehead atoms. The van der Waals surface area contributed by atoms with Crippen molar-refractivity contribution >= 4 is 5.97 Å². The minimum absolute atomic E-state index is 0.178. The third-order valence-corrected chi connectivity index (χ3v) is 2.47. The Labute approximate surface area is 76.0 Å². The van der Waals surface area contributed by atoms with Gasteiger partial charge in [-0.3, -0.25) is 9.89 Å². The highest BCUT2D eigenvalue weighted by Gasteiger charge is 2.18. The number of aryl methyl sites for hydroxylation is 2. The summed E-state index contributed by atoms with van der Waals surface area (Å²) in [7, 11) is 0.